The van der Waals surface area contributed by atoms with Crippen molar-refractivity contribution in [1.82, 2.24) is 4.98 Å². The van der Waals surface area contributed by atoms with Crippen molar-refractivity contribution in [2.24, 2.45) is 0 Å². The lowest BCUT2D eigenvalue weighted by Gasteiger charge is -2.21. The molecular weight excluding hydrogens is 456 g/mol. The first-order valence-corrected chi connectivity index (χ1v) is 12.2. The zero-order valence-corrected chi connectivity index (χ0v) is 20.5. The van der Waals surface area contributed by atoms with E-state index < -0.39 is 0 Å². The van der Waals surface area contributed by atoms with Crippen molar-refractivity contribution in [3.8, 4) is 17.2 Å². The van der Waals surface area contributed by atoms with E-state index in [0.717, 1.165) is 20.7 Å². The Labute approximate surface area is 201 Å². The number of amides is 1. The lowest BCUT2D eigenvalue weighted by Crippen LogP contribution is -2.30. The van der Waals surface area contributed by atoms with Crippen LogP contribution in [0.25, 0.3) is 10.2 Å². The highest BCUT2D eigenvalue weighted by Gasteiger charge is 2.25. The number of rotatable bonds is 8. The van der Waals surface area contributed by atoms with Crippen molar-refractivity contribution >= 4 is 44.4 Å². The summed E-state index contributed by atoms with van der Waals surface area (Å²) in [6.07, 6.45) is 2.04. The highest BCUT2D eigenvalue weighted by atomic mass is 32.2. The minimum absolute atomic E-state index is 0.206. The Morgan fingerprint density at radius 1 is 0.970 bits per heavy atom. The molecule has 3 aromatic carbocycles. The standard InChI is InChI=1S/C25H24N2O4S2/c1-29-20-12-17(13-21(30-2)23(20)31-3)24(28)27(15-16-8-6-5-7-9-16)25-26-19-11-10-18(32-4)14-22(19)33-25/h5-14H,15H2,1-4H3. The number of anilines is 1. The van der Waals surface area contributed by atoms with Crippen LogP contribution in [0.3, 0.4) is 0 Å². The van der Waals surface area contributed by atoms with Gasteiger partial charge >= 0.3 is 0 Å². The van der Waals surface area contributed by atoms with Crippen LogP contribution >= 0.6 is 23.1 Å². The number of nitrogens with zero attached hydrogens (tertiary/aromatic N) is 2. The van der Waals surface area contributed by atoms with Gasteiger partial charge in [-0.05, 0) is 42.2 Å². The number of aromatic nitrogens is 1. The molecule has 33 heavy (non-hydrogen) atoms. The molecular formula is C25H24N2O4S2. The van der Waals surface area contributed by atoms with Gasteiger partial charge in [-0.1, -0.05) is 41.7 Å². The zero-order chi connectivity index (χ0) is 23.4. The summed E-state index contributed by atoms with van der Waals surface area (Å²) in [5.41, 5.74) is 2.29. The fraction of sp³-hybridized carbons (Fsp3) is 0.200. The quantitative estimate of drug-likeness (QED) is 0.293. The number of fused-ring (bicyclic) bond motifs is 1. The molecule has 170 valence electrons. The summed E-state index contributed by atoms with van der Waals surface area (Å²) in [7, 11) is 4.60. The van der Waals surface area contributed by atoms with Crippen LogP contribution in [-0.4, -0.2) is 38.5 Å². The average molecular weight is 481 g/mol. The number of carbonyl (C=O) groups excluding carboxylic acids is 1. The van der Waals surface area contributed by atoms with Crippen molar-refractivity contribution in [2.45, 2.75) is 11.4 Å². The number of hydrogen-bond donors (Lipinski definition) is 0. The molecule has 0 saturated carbocycles. The Morgan fingerprint density at radius 3 is 2.27 bits per heavy atom. The van der Waals surface area contributed by atoms with Crippen LogP contribution in [0.2, 0.25) is 0 Å². The summed E-state index contributed by atoms with van der Waals surface area (Å²) >= 11 is 3.18. The van der Waals surface area contributed by atoms with E-state index in [2.05, 4.69) is 6.07 Å². The van der Waals surface area contributed by atoms with Crippen LogP contribution in [0.4, 0.5) is 5.13 Å². The average Bonchev–Trinajstić information content (AvgIpc) is 3.29. The van der Waals surface area contributed by atoms with E-state index in [0.29, 0.717) is 34.5 Å². The first-order valence-electron chi connectivity index (χ1n) is 10.2. The third-order valence-electron chi connectivity index (χ3n) is 5.16. The van der Waals surface area contributed by atoms with Gasteiger partial charge in [0.25, 0.3) is 5.91 Å². The molecule has 4 aromatic rings. The number of carbonyl (C=O) groups is 1. The first kappa shape index (κ1) is 22.9. The predicted molar refractivity (Wildman–Crippen MR) is 134 cm³/mol. The molecule has 4 rings (SSSR count). The molecule has 0 aliphatic heterocycles. The Morgan fingerprint density at radius 2 is 1.67 bits per heavy atom. The summed E-state index contributed by atoms with van der Waals surface area (Å²) in [6.45, 7) is 0.380. The van der Waals surface area contributed by atoms with Crippen molar-refractivity contribution in [1.29, 1.82) is 0 Å². The fourth-order valence-electron chi connectivity index (χ4n) is 3.49. The number of thioether (sulfide) groups is 1. The van der Waals surface area contributed by atoms with Crippen molar-refractivity contribution in [2.75, 3.05) is 32.5 Å². The molecule has 1 aromatic heterocycles. The SMILES string of the molecule is COc1cc(C(=O)N(Cc2ccccc2)c2nc3ccc(SC)cc3s2)cc(OC)c1OC. The summed E-state index contributed by atoms with van der Waals surface area (Å²) in [6, 6.07) is 19.3. The fourth-order valence-corrected chi connectivity index (χ4v) is 5.00. The van der Waals surface area contributed by atoms with Gasteiger partial charge in [-0.25, -0.2) is 4.98 Å². The van der Waals surface area contributed by atoms with Crippen molar-refractivity contribution in [3.05, 3.63) is 71.8 Å². The molecule has 8 heteroatoms. The van der Waals surface area contributed by atoms with E-state index in [1.165, 1.54) is 32.7 Å². The molecule has 0 saturated heterocycles. The molecule has 1 amide bonds. The van der Waals surface area contributed by atoms with Gasteiger partial charge in [-0.2, -0.15) is 0 Å². The number of hydrogen-bond acceptors (Lipinski definition) is 7. The molecule has 0 spiro atoms. The Balaban J connectivity index is 1.81. The van der Waals surface area contributed by atoms with Gasteiger partial charge in [0, 0.05) is 10.5 Å². The Kier molecular flexibility index (Phi) is 7.05. The lowest BCUT2D eigenvalue weighted by molar-refractivity contribution is 0.0984. The molecule has 6 nitrogen and oxygen atoms in total. The van der Waals surface area contributed by atoms with E-state index in [1.807, 2.05) is 48.7 Å². The second-order valence-corrected chi connectivity index (χ2v) is 9.01. The number of ether oxygens (including phenoxy) is 3. The van der Waals surface area contributed by atoms with Gasteiger partial charge in [0.1, 0.15) is 0 Å². The second-order valence-electron chi connectivity index (χ2n) is 7.12. The van der Waals surface area contributed by atoms with Crippen LogP contribution in [0, 0.1) is 0 Å². The van der Waals surface area contributed by atoms with E-state index in [4.69, 9.17) is 19.2 Å². The Hall–Kier alpha value is -3.23. The third kappa shape index (κ3) is 4.77. The van der Waals surface area contributed by atoms with E-state index >= 15 is 0 Å². The minimum atomic E-state index is -0.206. The molecule has 0 aliphatic rings. The minimum Gasteiger partial charge on any atom is -0.493 e. The maximum atomic E-state index is 13.8. The number of benzene rings is 3. The summed E-state index contributed by atoms with van der Waals surface area (Å²) in [5.74, 6) is 1.08. The first-order chi connectivity index (χ1) is 16.1. The number of thiazole rings is 1. The van der Waals surface area contributed by atoms with Gasteiger partial charge < -0.3 is 14.2 Å². The van der Waals surface area contributed by atoms with Gasteiger partial charge in [0.15, 0.2) is 16.6 Å². The van der Waals surface area contributed by atoms with Crippen LogP contribution in [-0.2, 0) is 6.54 Å². The van der Waals surface area contributed by atoms with Crippen LogP contribution < -0.4 is 19.1 Å². The summed E-state index contributed by atoms with van der Waals surface area (Å²) in [5, 5.41) is 0.630. The largest absolute Gasteiger partial charge is 0.493 e. The predicted octanol–water partition coefficient (Wildman–Crippen LogP) is 5.89. The zero-order valence-electron chi connectivity index (χ0n) is 18.8. The van der Waals surface area contributed by atoms with E-state index in [1.54, 1.807) is 28.8 Å². The maximum Gasteiger partial charge on any atom is 0.260 e. The van der Waals surface area contributed by atoms with Gasteiger partial charge in [0.05, 0.1) is 38.1 Å². The monoisotopic (exact) mass is 480 g/mol. The van der Waals surface area contributed by atoms with Crippen LogP contribution in [0.5, 0.6) is 17.2 Å². The highest BCUT2D eigenvalue weighted by molar-refractivity contribution is 7.98. The van der Waals surface area contributed by atoms with E-state index in [-0.39, 0.29) is 5.91 Å². The molecule has 0 radical (unpaired) electrons. The maximum absolute atomic E-state index is 13.8. The molecule has 0 fully saturated rings. The normalized spacial score (nSPS) is 10.8. The smallest absolute Gasteiger partial charge is 0.260 e. The van der Waals surface area contributed by atoms with Crippen molar-refractivity contribution in [3.63, 3.8) is 0 Å². The lowest BCUT2D eigenvalue weighted by atomic mass is 10.1. The molecule has 0 unspecified atom stereocenters. The Bertz CT molecular complexity index is 1250. The van der Waals surface area contributed by atoms with Crippen LogP contribution in [0.15, 0.2) is 65.6 Å². The van der Waals surface area contributed by atoms with Crippen LogP contribution in [0.1, 0.15) is 15.9 Å². The number of methoxy groups -OCH3 is 3. The third-order valence-corrected chi connectivity index (χ3v) is 6.92. The molecule has 0 aliphatic carbocycles. The topological polar surface area (TPSA) is 60.9 Å². The second kappa shape index (κ2) is 10.1. The highest BCUT2D eigenvalue weighted by Crippen LogP contribution is 2.39. The molecule has 0 bridgehead atoms. The van der Waals surface area contributed by atoms with Gasteiger partial charge in [0.2, 0.25) is 5.75 Å². The summed E-state index contributed by atoms with van der Waals surface area (Å²) in [4.78, 5) is 21.4. The van der Waals surface area contributed by atoms with Gasteiger partial charge in [-0.15, -0.1) is 11.8 Å². The van der Waals surface area contributed by atoms with E-state index in [9.17, 15) is 4.79 Å². The van der Waals surface area contributed by atoms with Gasteiger partial charge in [-0.3, -0.25) is 9.69 Å². The molecule has 0 N–H and O–H groups in total. The molecule has 1 heterocycles. The molecule has 0 atom stereocenters. The van der Waals surface area contributed by atoms with Crippen molar-refractivity contribution < 1.29 is 19.0 Å². The summed E-state index contributed by atoms with van der Waals surface area (Å²) < 4.78 is 17.4.